The van der Waals surface area contributed by atoms with Crippen LogP contribution in [0.4, 0.5) is 0 Å². The van der Waals surface area contributed by atoms with Gasteiger partial charge in [0.05, 0.1) is 11.7 Å². The Kier molecular flexibility index (Phi) is 7.06. The highest BCUT2D eigenvalue weighted by Gasteiger charge is 2.29. The molecule has 128 valence electrons. The summed E-state index contributed by atoms with van der Waals surface area (Å²) in [5, 5.41) is 9.02. The third-order valence-corrected chi connectivity index (χ3v) is 4.82. The molecule has 1 aromatic carbocycles. The number of unbranched alkanes of at least 4 members (excludes halogenated alkanes) is 1. The first kappa shape index (κ1) is 18.0. The molecule has 4 heteroatoms. The van der Waals surface area contributed by atoms with Crippen LogP contribution in [0.25, 0.3) is 0 Å². The minimum absolute atomic E-state index is 0.318. The molecule has 0 spiro atoms. The second-order valence-corrected chi connectivity index (χ2v) is 6.45. The summed E-state index contributed by atoms with van der Waals surface area (Å²) in [6, 6.07) is 7.74. The number of rotatable bonds is 8. The van der Waals surface area contributed by atoms with E-state index in [0.717, 1.165) is 19.5 Å². The molecule has 2 atom stereocenters. The highest BCUT2D eigenvalue weighted by atomic mass is 16.5. The average molecular weight is 319 g/mol. The maximum atomic E-state index is 11.0. The first-order valence-corrected chi connectivity index (χ1v) is 8.74. The molecular formula is C19H29NO3. The molecule has 0 saturated heterocycles. The first-order valence-electron chi connectivity index (χ1n) is 8.74. The van der Waals surface area contributed by atoms with Crippen LogP contribution in [0.15, 0.2) is 24.3 Å². The predicted octanol–water partition coefficient (Wildman–Crippen LogP) is 3.94. The van der Waals surface area contributed by atoms with E-state index in [1.54, 1.807) is 12.1 Å². The Morgan fingerprint density at radius 1 is 1.26 bits per heavy atom. The number of aromatic carboxylic acids is 1. The van der Waals surface area contributed by atoms with Gasteiger partial charge in [-0.25, -0.2) is 4.79 Å². The lowest BCUT2D eigenvalue weighted by Crippen LogP contribution is -2.46. The van der Waals surface area contributed by atoms with Crippen LogP contribution >= 0.6 is 0 Å². The Morgan fingerprint density at radius 2 is 1.96 bits per heavy atom. The van der Waals surface area contributed by atoms with Crippen LogP contribution in [0.2, 0.25) is 0 Å². The lowest BCUT2D eigenvalue weighted by molar-refractivity contribution is -0.0147. The summed E-state index contributed by atoms with van der Waals surface area (Å²) in [6.07, 6.45) is 7.53. The second-order valence-electron chi connectivity index (χ2n) is 6.45. The van der Waals surface area contributed by atoms with E-state index in [2.05, 4.69) is 11.8 Å². The van der Waals surface area contributed by atoms with E-state index < -0.39 is 5.97 Å². The van der Waals surface area contributed by atoms with Gasteiger partial charge in [-0.05, 0) is 43.5 Å². The molecule has 1 aliphatic carbocycles. The van der Waals surface area contributed by atoms with Crippen molar-refractivity contribution >= 4 is 5.97 Å². The third kappa shape index (κ3) is 5.05. The monoisotopic (exact) mass is 319 g/mol. The molecule has 0 bridgehead atoms. The van der Waals surface area contributed by atoms with Crippen LogP contribution in [0.3, 0.4) is 0 Å². The quantitative estimate of drug-likeness (QED) is 0.788. The van der Waals surface area contributed by atoms with Crippen molar-refractivity contribution in [3.05, 3.63) is 35.4 Å². The van der Waals surface area contributed by atoms with Gasteiger partial charge in [-0.2, -0.15) is 0 Å². The fourth-order valence-corrected chi connectivity index (χ4v) is 3.48. The molecule has 0 amide bonds. The van der Waals surface area contributed by atoms with Crippen LogP contribution < -0.4 is 0 Å². The average Bonchev–Trinajstić information content (AvgIpc) is 2.59. The minimum Gasteiger partial charge on any atom is -0.478 e. The van der Waals surface area contributed by atoms with Gasteiger partial charge in [0.2, 0.25) is 0 Å². The van der Waals surface area contributed by atoms with E-state index in [-0.39, 0.29) is 0 Å². The zero-order valence-electron chi connectivity index (χ0n) is 14.3. The van der Waals surface area contributed by atoms with Crippen LogP contribution in [0.1, 0.15) is 61.4 Å². The Morgan fingerprint density at radius 3 is 2.57 bits per heavy atom. The van der Waals surface area contributed by atoms with E-state index in [0.29, 0.717) is 17.7 Å². The van der Waals surface area contributed by atoms with Crippen LogP contribution in [-0.2, 0) is 11.3 Å². The van der Waals surface area contributed by atoms with Crippen molar-refractivity contribution < 1.29 is 14.6 Å². The molecule has 0 radical (unpaired) electrons. The van der Waals surface area contributed by atoms with Crippen molar-refractivity contribution in [3.8, 4) is 0 Å². The maximum Gasteiger partial charge on any atom is 0.335 e. The van der Waals surface area contributed by atoms with Gasteiger partial charge in [0.1, 0.15) is 0 Å². The van der Waals surface area contributed by atoms with Crippen molar-refractivity contribution in [2.24, 2.45) is 0 Å². The summed E-state index contributed by atoms with van der Waals surface area (Å²) in [5.41, 5.74) is 1.52. The molecule has 0 unspecified atom stereocenters. The van der Waals surface area contributed by atoms with Gasteiger partial charge in [-0.15, -0.1) is 0 Å². The number of nitrogens with zero attached hydrogens (tertiary/aromatic N) is 1. The molecule has 1 aromatic rings. The number of benzene rings is 1. The number of hydrogen-bond donors (Lipinski definition) is 1. The van der Waals surface area contributed by atoms with E-state index in [4.69, 9.17) is 9.84 Å². The van der Waals surface area contributed by atoms with E-state index in [1.807, 2.05) is 19.2 Å². The summed E-state index contributed by atoms with van der Waals surface area (Å²) >= 11 is 0. The summed E-state index contributed by atoms with van der Waals surface area (Å²) in [7, 11) is 1.82. The van der Waals surface area contributed by atoms with Gasteiger partial charge in [-0.3, -0.25) is 4.90 Å². The van der Waals surface area contributed by atoms with Gasteiger partial charge < -0.3 is 9.84 Å². The number of carboxylic acid groups (broad SMARTS) is 1. The zero-order chi connectivity index (χ0) is 16.7. The van der Waals surface area contributed by atoms with Gasteiger partial charge in [0, 0.05) is 19.7 Å². The molecule has 0 aromatic heterocycles. The zero-order valence-corrected chi connectivity index (χ0v) is 14.3. The third-order valence-electron chi connectivity index (χ3n) is 4.82. The predicted molar refractivity (Wildman–Crippen MR) is 91.8 cm³/mol. The van der Waals surface area contributed by atoms with Crippen molar-refractivity contribution in [2.75, 3.05) is 13.7 Å². The normalized spacial score (nSPS) is 21.5. The summed E-state index contributed by atoms with van der Waals surface area (Å²) in [6.45, 7) is 4.15. The molecule has 2 rings (SSSR count). The van der Waals surface area contributed by atoms with Crippen LogP contribution in [0.5, 0.6) is 0 Å². The SMILES string of the molecule is CCCCN(Cc1ccc(C(=O)O)cc1)[C@@H]1CCCC[C@H]1OC. The summed E-state index contributed by atoms with van der Waals surface area (Å²) < 4.78 is 5.73. The van der Waals surface area contributed by atoms with E-state index in [9.17, 15) is 4.79 Å². The Balaban J connectivity index is 2.09. The molecule has 1 saturated carbocycles. The highest BCUT2D eigenvalue weighted by molar-refractivity contribution is 5.87. The molecule has 23 heavy (non-hydrogen) atoms. The summed E-state index contributed by atoms with van der Waals surface area (Å²) in [5.74, 6) is -0.869. The second kappa shape index (κ2) is 9.04. The Labute approximate surface area is 139 Å². The van der Waals surface area contributed by atoms with E-state index >= 15 is 0 Å². The highest BCUT2D eigenvalue weighted by Crippen LogP contribution is 2.27. The minimum atomic E-state index is -0.869. The number of carboxylic acids is 1. The van der Waals surface area contributed by atoms with Crippen molar-refractivity contribution in [1.82, 2.24) is 4.90 Å². The molecular weight excluding hydrogens is 290 g/mol. The van der Waals surface area contributed by atoms with Crippen LogP contribution in [-0.4, -0.2) is 41.8 Å². The van der Waals surface area contributed by atoms with Gasteiger partial charge in [0.15, 0.2) is 0 Å². The van der Waals surface area contributed by atoms with Gasteiger partial charge in [-0.1, -0.05) is 38.3 Å². The smallest absolute Gasteiger partial charge is 0.335 e. The van der Waals surface area contributed by atoms with Crippen molar-refractivity contribution in [1.29, 1.82) is 0 Å². The Bertz CT molecular complexity index is 486. The molecule has 1 fully saturated rings. The topological polar surface area (TPSA) is 49.8 Å². The number of hydrogen-bond acceptors (Lipinski definition) is 3. The Hall–Kier alpha value is -1.39. The number of methoxy groups -OCH3 is 1. The lowest BCUT2D eigenvalue weighted by Gasteiger charge is -2.39. The fourth-order valence-electron chi connectivity index (χ4n) is 3.48. The number of ether oxygens (including phenoxy) is 1. The largest absolute Gasteiger partial charge is 0.478 e. The van der Waals surface area contributed by atoms with Crippen molar-refractivity contribution in [2.45, 2.75) is 64.1 Å². The lowest BCUT2D eigenvalue weighted by atomic mass is 9.90. The molecule has 0 heterocycles. The molecule has 1 N–H and O–H groups in total. The van der Waals surface area contributed by atoms with Crippen LogP contribution in [0, 0.1) is 0 Å². The molecule has 1 aliphatic rings. The summed E-state index contributed by atoms with van der Waals surface area (Å²) in [4.78, 5) is 13.5. The standard InChI is InChI=1S/C19H29NO3/c1-3-4-13-20(17-7-5-6-8-18(17)23-2)14-15-9-11-16(12-10-15)19(21)22/h9-12,17-18H,3-8,13-14H2,1-2H3,(H,21,22)/t17-,18-/m1/s1. The van der Waals surface area contributed by atoms with Crippen molar-refractivity contribution in [3.63, 3.8) is 0 Å². The van der Waals surface area contributed by atoms with E-state index in [1.165, 1.54) is 37.7 Å². The molecule has 0 aliphatic heterocycles. The first-order chi connectivity index (χ1) is 11.2. The van der Waals surface area contributed by atoms with Gasteiger partial charge in [0.25, 0.3) is 0 Å². The van der Waals surface area contributed by atoms with Gasteiger partial charge >= 0.3 is 5.97 Å². The maximum absolute atomic E-state index is 11.0. The molecule has 4 nitrogen and oxygen atoms in total. The fraction of sp³-hybridized carbons (Fsp3) is 0.632. The number of carbonyl (C=O) groups is 1.